The lowest BCUT2D eigenvalue weighted by atomic mass is 10.0. The van der Waals surface area contributed by atoms with Crippen molar-refractivity contribution in [3.8, 4) is 22.9 Å². The van der Waals surface area contributed by atoms with Gasteiger partial charge in [0.1, 0.15) is 5.75 Å². The third-order valence-corrected chi connectivity index (χ3v) is 2.65. The maximum absolute atomic E-state index is 5.23. The number of hydrogen-bond acceptors (Lipinski definition) is 3. The van der Waals surface area contributed by atoms with Crippen molar-refractivity contribution in [3.05, 3.63) is 42.0 Å². The first-order chi connectivity index (χ1) is 8.24. The second-order valence-electron chi connectivity index (χ2n) is 3.75. The molecule has 0 unspecified atom stereocenters. The Kier molecular flexibility index (Phi) is 3.28. The lowest BCUT2D eigenvalue weighted by molar-refractivity contribution is 0.398. The molecular weight excluding hydrogens is 214 g/mol. The molecule has 17 heavy (non-hydrogen) atoms. The highest BCUT2D eigenvalue weighted by molar-refractivity contribution is 5.65. The molecule has 0 N–H and O–H groups in total. The molecule has 1 heterocycles. The Hall–Kier alpha value is -2.03. The minimum Gasteiger partial charge on any atom is -0.497 e. The predicted molar refractivity (Wildman–Crippen MR) is 67.5 cm³/mol. The molecule has 2 aromatic rings. The highest BCUT2D eigenvalue weighted by Crippen LogP contribution is 2.27. The van der Waals surface area contributed by atoms with E-state index in [9.17, 15) is 0 Å². The zero-order valence-electron chi connectivity index (χ0n) is 10.2. The van der Waals surface area contributed by atoms with E-state index in [4.69, 9.17) is 9.47 Å². The predicted octanol–water partition coefficient (Wildman–Crippen LogP) is 3.07. The van der Waals surface area contributed by atoms with Crippen molar-refractivity contribution in [1.82, 2.24) is 4.98 Å². The van der Waals surface area contributed by atoms with E-state index in [1.807, 2.05) is 36.4 Å². The topological polar surface area (TPSA) is 31.4 Å². The molecule has 88 valence electrons. The third kappa shape index (κ3) is 2.38. The first-order valence-corrected chi connectivity index (χ1v) is 5.40. The number of hydrogen-bond donors (Lipinski definition) is 0. The van der Waals surface area contributed by atoms with E-state index in [0.717, 1.165) is 22.6 Å². The van der Waals surface area contributed by atoms with Gasteiger partial charge in [0, 0.05) is 11.6 Å². The van der Waals surface area contributed by atoms with Crippen molar-refractivity contribution in [2.45, 2.75) is 6.92 Å². The van der Waals surface area contributed by atoms with Gasteiger partial charge in [-0.3, -0.25) is 0 Å². The summed E-state index contributed by atoms with van der Waals surface area (Å²) in [6.45, 7) is 2.05. The van der Waals surface area contributed by atoms with Gasteiger partial charge < -0.3 is 9.47 Å². The van der Waals surface area contributed by atoms with Gasteiger partial charge in [0.25, 0.3) is 0 Å². The smallest absolute Gasteiger partial charge is 0.213 e. The SMILES string of the molecule is COc1ccc(C)c(-c2cccc(OC)n2)c1. The van der Waals surface area contributed by atoms with Gasteiger partial charge in [-0.15, -0.1) is 0 Å². The molecule has 1 aromatic heterocycles. The molecule has 0 bridgehead atoms. The van der Waals surface area contributed by atoms with E-state index >= 15 is 0 Å². The monoisotopic (exact) mass is 229 g/mol. The van der Waals surface area contributed by atoms with E-state index in [1.165, 1.54) is 0 Å². The van der Waals surface area contributed by atoms with Gasteiger partial charge >= 0.3 is 0 Å². The van der Waals surface area contributed by atoms with E-state index in [0.29, 0.717) is 5.88 Å². The first-order valence-electron chi connectivity index (χ1n) is 5.40. The number of benzene rings is 1. The zero-order valence-corrected chi connectivity index (χ0v) is 10.2. The molecule has 0 radical (unpaired) electrons. The van der Waals surface area contributed by atoms with Gasteiger partial charge in [-0.2, -0.15) is 0 Å². The van der Waals surface area contributed by atoms with Crippen LogP contribution in [-0.4, -0.2) is 19.2 Å². The third-order valence-electron chi connectivity index (χ3n) is 2.65. The van der Waals surface area contributed by atoms with Gasteiger partial charge in [-0.1, -0.05) is 12.1 Å². The summed E-state index contributed by atoms with van der Waals surface area (Å²) in [5.41, 5.74) is 3.11. The van der Waals surface area contributed by atoms with Crippen LogP contribution in [0, 0.1) is 6.92 Å². The van der Waals surface area contributed by atoms with Crippen molar-refractivity contribution in [2.24, 2.45) is 0 Å². The molecule has 0 atom stereocenters. The number of nitrogens with zero attached hydrogens (tertiary/aromatic N) is 1. The Labute approximate surface area is 101 Å². The summed E-state index contributed by atoms with van der Waals surface area (Å²) >= 11 is 0. The molecule has 3 heteroatoms. The van der Waals surface area contributed by atoms with Crippen LogP contribution in [-0.2, 0) is 0 Å². The van der Waals surface area contributed by atoms with Crippen LogP contribution in [0.25, 0.3) is 11.3 Å². The lowest BCUT2D eigenvalue weighted by Crippen LogP contribution is -1.92. The van der Waals surface area contributed by atoms with Crippen molar-refractivity contribution >= 4 is 0 Å². The summed E-state index contributed by atoms with van der Waals surface area (Å²) in [6, 6.07) is 11.7. The number of aryl methyl sites for hydroxylation is 1. The minimum atomic E-state index is 0.615. The second kappa shape index (κ2) is 4.87. The molecule has 0 fully saturated rings. The van der Waals surface area contributed by atoms with Gasteiger partial charge in [-0.25, -0.2) is 4.98 Å². The van der Waals surface area contributed by atoms with E-state index in [-0.39, 0.29) is 0 Å². The van der Waals surface area contributed by atoms with E-state index in [1.54, 1.807) is 14.2 Å². The first kappa shape index (κ1) is 11.5. The average Bonchev–Trinajstić information content (AvgIpc) is 2.39. The van der Waals surface area contributed by atoms with Gasteiger partial charge in [0.05, 0.1) is 19.9 Å². The molecule has 3 nitrogen and oxygen atoms in total. The molecule has 0 aliphatic carbocycles. The second-order valence-corrected chi connectivity index (χ2v) is 3.75. The van der Waals surface area contributed by atoms with Gasteiger partial charge in [0.15, 0.2) is 0 Å². The summed E-state index contributed by atoms with van der Waals surface area (Å²) in [4.78, 5) is 4.42. The highest BCUT2D eigenvalue weighted by atomic mass is 16.5. The molecule has 0 saturated heterocycles. The maximum Gasteiger partial charge on any atom is 0.213 e. The molecule has 0 saturated carbocycles. The van der Waals surface area contributed by atoms with Crippen LogP contribution < -0.4 is 9.47 Å². The number of methoxy groups -OCH3 is 2. The molecule has 1 aromatic carbocycles. The standard InChI is InChI=1S/C14H15NO2/c1-10-7-8-11(16-2)9-12(10)13-5-4-6-14(15-13)17-3/h4-9H,1-3H3. The van der Waals surface area contributed by atoms with Crippen LogP contribution in [0.2, 0.25) is 0 Å². The van der Waals surface area contributed by atoms with Crippen LogP contribution in [0.4, 0.5) is 0 Å². The lowest BCUT2D eigenvalue weighted by Gasteiger charge is -2.08. The van der Waals surface area contributed by atoms with E-state index in [2.05, 4.69) is 11.9 Å². The summed E-state index contributed by atoms with van der Waals surface area (Å²) in [7, 11) is 3.28. The molecule has 0 aliphatic rings. The maximum atomic E-state index is 5.23. The fourth-order valence-corrected chi connectivity index (χ4v) is 1.68. The van der Waals surface area contributed by atoms with Crippen LogP contribution in [0.3, 0.4) is 0 Å². The fraction of sp³-hybridized carbons (Fsp3) is 0.214. The Morgan fingerprint density at radius 1 is 1.00 bits per heavy atom. The van der Waals surface area contributed by atoms with Crippen molar-refractivity contribution in [1.29, 1.82) is 0 Å². The normalized spacial score (nSPS) is 10.1. The summed E-state index contributed by atoms with van der Waals surface area (Å²) in [5, 5.41) is 0. The number of ether oxygens (including phenoxy) is 2. The van der Waals surface area contributed by atoms with Gasteiger partial charge in [-0.05, 0) is 30.7 Å². The number of aromatic nitrogens is 1. The van der Waals surface area contributed by atoms with Crippen LogP contribution in [0.5, 0.6) is 11.6 Å². The van der Waals surface area contributed by atoms with E-state index < -0.39 is 0 Å². The quantitative estimate of drug-likeness (QED) is 0.810. The number of rotatable bonds is 3. The van der Waals surface area contributed by atoms with Crippen LogP contribution in [0.1, 0.15) is 5.56 Å². The van der Waals surface area contributed by atoms with Crippen LogP contribution in [0.15, 0.2) is 36.4 Å². The summed E-state index contributed by atoms with van der Waals surface area (Å²) in [5.74, 6) is 1.44. The molecule has 0 aliphatic heterocycles. The molecular formula is C14H15NO2. The van der Waals surface area contributed by atoms with Crippen molar-refractivity contribution in [2.75, 3.05) is 14.2 Å². The zero-order chi connectivity index (χ0) is 12.3. The molecule has 2 rings (SSSR count). The number of pyridine rings is 1. The average molecular weight is 229 g/mol. The Morgan fingerprint density at radius 2 is 1.82 bits per heavy atom. The van der Waals surface area contributed by atoms with Gasteiger partial charge in [0.2, 0.25) is 5.88 Å². The summed E-state index contributed by atoms with van der Waals surface area (Å²) in [6.07, 6.45) is 0. The van der Waals surface area contributed by atoms with Crippen molar-refractivity contribution < 1.29 is 9.47 Å². The fourth-order valence-electron chi connectivity index (χ4n) is 1.68. The Balaban J connectivity index is 2.50. The molecule has 0 amide bonds. The Bertz CT molecular complexity index is 523. The molecule has 0 spiro atoms. The summed E-state index contributed by atoms with van der Waals surface area (Å²) < 4.78 is 10.4. The van der Waals surface area contributed by atoms with Crippen molar-refractivity contribution in [3.63, 3.8) is 0 Å². The Morgan fingerprint density at radius 3 is 2.53 bits per heavy atom. The highest BCUT2D eigenvalue weighted by Gasteiger charge is 2.06. The largest absolute Gasteiger partial charge is 0.497 e. The van der Waals surface area contributed by atoms with Crippen LogP contribution >= 0.6 is 0 Å². The minimum absolute atomic E-state index is 0.615.